The number of allylic oxidation sites excluding steroid dienone is 4. The number of benzene rings is 1. The molecule has 92 valence electrons. The molecule has 17 heavy (non-hydrogen) atoms. The highest BCUT2D eigenvalue weighted by atomic mass is 19.1. The molecule has 0 radical (unpaired) electrons. The van der Waals surface area contributed by atoms with Crippen LogP contribution >= 0.6 is 0 Å². The van der Waals surface area contributed by atoms with Crippen molar-refractivity contribution in [3.8, 4) is 0 Å². The first-order chi connectivity index (χ1) is 8.00. The minimum absolute atomic E-state index is 0.327. The molecule has 0 amide bonds. The molecule has 0 aromatic heterocycles. The van der Waals surface area contributed by atoms with Gasteiger partial charge >= 0.3 is 0 Å². The van der Waals surface area contributed by atoms with E-state index in [-0.39, 0.29) is 5.83 Å². The van der Waals surface area contributed by atoms with Crippen LogP contribution in [0.2, 0.25) is 0 Å². The van der Waals surface area contributed by atoms with E-state index in [0.29, 0.717) is 11.1 Å². The van der Waals surface area contributed by atoms with E-state index in [1.807, 2.05) is 45.0 Å². The average molecular weight is 232 g/mol. The Kier molecular flexibility index (Phi) is 6.88. The van der Waals surface area contributed by atoms with Gasteiger partial charge in [-0.2, -0.15) is 0 Å². The fourth-order valence-electron chi connectivity index (χ4n) is 1.20. The minimum atomic E-state index is -0.327. The Hall–Kier alpha value is -1.63. The Balaban J connectivity index is 0.00000121. The lowest BCUT2D eigenvalue weighted by atomic mass is 10.0. The molecule has 0 atom stereocenters. The van der Waals surface area contributed by atoms with Crippen molar-refractivity contribution in [2.24, 2.45) is 0 Å². The van der Waals surface area contributed by atoms with Crippen molar-refractivity contribution in [1.29, 1.82) is 0 Å². The summed E-state index contributed by atoms with van der Waals surface area (Å²) in [6.45, 7) is 15.1. The normalized spacial score (nSPS) is 10.3. The van der Waals surface area contributed by atoms with Crippen LogP contribution in [-0.4, -0.2) is 0 Å². The number of hydrogen-bond acceptors (Lipinski definition) is 0. The Morgan fingerprint density at radius 1 is 1.12 bits per heavy atom. The summed E-state index contributed by atoms with van der Waals surface area (Å²) in [7, 11) is 0. The molecule has 0 unspecified atom stereocenters. The van der Waals surface area contributed by atoms with Gasteiger partial charge in [-0.15, -0.1) is 0 Å². The topological polar surface area (TPSA) is 0 Å². The smallest absolute Gasteiger partial charge is 0.130 e. The van der Waals surface area contributed by atoms with Crippen molar-refractivity contribution in [3.05, 3.63) is 66.0 Å². The van der Waals surface area contributed by atoms with Crippen LogP contribution in [0.5, 0.6) is 0 Å². The number of hydrogen-bond donors (Lipinski definition) is 0. The van der Waals surface area contributed by atoms with Crippen molar-refractivity contribution in [3.63, 3.8) is 0 Å². The van der Waals surface area contributed by atoms with Crippen molar-refractivity contribution in [2.75, 3.05) is 0 Å². The molecule has 0 bridgehead atoms. The lowest BCUT2D eigenvalue weighted by Crippen LogP contribution is -1.84. The average Bonchev–Trinajstić information content (AvgIpc) is 2.31. The Bertz CT molecular complexity index is 408. The van der Waals surface area contributed by atoms with Crippen molar-refractivity contribution >= 4 is 5.57 Å². The van der Waals surface area contributed by atoms with Crippen LogP contribution in [0.15, 0.2) is 54.9 Å². The van der Waals surface area contributed by atoms with Crippen LogP contribution in [0.4, 0.5) is 4.39 Å². The SMILES string of the molecule is C=C(C)/C=C(/F)C(=C)c1ccc(C)cc1.CC. The third kappa shape index (κ3) is 5.30. The standard InChI is InChI=1S/C14H15F.C2H6/c1-10(2)9-14(15)12(4)13-7-5-11(3)6-8-13;1-2/h5-9H,1,4H2,2-3H3;1-2H3/b14-9+;. The van der Waals surface area contributed by atoms with E-state index in [2.05, 4.69) is 13.2 Å². The van der Waals surface area contributed by atoms with Gasteiger partial charge in [0.15, 0.2) is 0 Å². The molecule has 1 heteroatoms. The van der Waals surface area contributed by atoms with Crippen molar-refractivity contribution in [1.82, 2.24) is 0 Å². The van der Waals surface area contributed by atoms with Gasteiger partial charge in [-0.05, 0) is 25.5 Å². The minimum Gasteiger partial charge on any atom is -0.206 e. The van der Waals surface area contributed by atoms with E-state index in [1.165, 1.54) is 6.08 Å². The lowest BCUT2D eigenvalue weighted by Gasteiger charge is -2.04. The van der Waals surface area contributed by atoms with Crippen molar-refractivity contribution in [2.45, 2.75) is 27.7 Å². The monoisotopic (exact) mass is 232 g/mol. The summed E-state index contributed by atoms with van der Waals surface area (Å²) in [5.74, 6) is -0.327. The summed E-state index contributed by atoms with van der Waals surface area (Å²) in [6, 6.07) is 7.61. The number of halogens is 1. The second-order valence-corrected chi connectivity index (χ2v) is 3.68. The highest BCUT2D eigenvalue weighted by molar-refractivity contribution is 5.75. The summed E-state index contributed by atoms with van der Waals surface area (Å²) >= 11 is 0. The van der Waals surface area contributed by atoms with E-state index in [0.717, 1.165) is 11.1 Å². The molecule has 0 spiro atoms. The van der Waals surface area contributed by atoms with Gasteiger partial charge in [0.05, 0.1) is 0 Å². The molecule has 0 aliphatic heterocycles. The molecule has 0 aliphatic carbocycles. The maximum atomic E-state index is 13.5. The molecular formula is C16H21F. The van der Waals surface area contributed by atoms with Crippen LogP contribution in [0.3, 0.4) is 0 Å². The molecule has 1 aromatic rings. The summed E-state index contributed by atoms with van der Waals surface area (Å²) in [4.78, 5) is 0. The predicted octanol–water partition coefficient (Wildman–Crippen LogP) is 5.46. The molecular weight excluding hydrogens is 211 g/mol. The van der Waals surface area contributed by atoms with Gasteiger partial charge < -0.3 is 0 Å². The maximum absolute atomic E-state index is 13.5. The Morgan fingerprint density at radius 2 is 1.59 bits per heavy atom. The van der Waals surface area contributed by atoms with Crippen LogP contribution in [0.1, 0.15) is 31.9 Å². The second-order valence-electron chi connectivity index (χ2n) is 3.68. The summed E-state index contributed by atoms with van der Waals surface area (Å²) in [6.07, 6.45) is 1.39. The zero-order valence-electron chi connectivity index (χ0n) is 11.2. The van der Waals surface area contributed by atoms with Gasteiger partial charge in [0.25, 0.3) is 0 Å². The Labute approximate surface area is 104 Å². The van der Waals surface area contributed by atoms with E-state index >= 15 is 0 Å². The zero-order chi connectivity index (χ0) is 13.4. The summed E-state index contributed by atoms with van der Waals surface area (Å²) in [5, 5.41) is 0. The number of rotatable bonds is 3. The van der Waals surface area contributed by atoms with Crippen LogP contribution in [0, 0.1) is 6.92 Å². The van der Waals surface area contributed by atoms with E-state index in [9.17, 15) is 4.39 Å². The quantitative estimate of drug-likeness (QED) is 0.607. The molecule has 0 aliphatic rings. The molecule has 0 saturated carbocycles. The molecule has 0 saturated heterocycles. The van der Waals surface area contributed by atoms with Crippen LogP contribution in [-0.2, 0) is 0 Å². The van der Waals surface area contributed by atoms with Gasteiger partial charge in [0.1, 0.15) is 5.83 Å². The van der Waals surface area contributed by atoms with Crippen LogP contribution in [0.25, 0.3) is 5.57 Å². The van der Waals surface area contributed by atoms with Gasteiger partial charge in [0.2, 0.25) is 0 Å². The predicted molar refractivity (Wildman–Crippen MR) is 75.6 cm³/mol. The summed E-state index contributed by atoms with van der Waals surface area (Å²) in [5.41, 5.74) is 3.03. The first kappa shape index (κ1) is 15.4. The van der Waals surface area contributed by atoms with E-state index in [1.54, 1.807) is 6.92 Å². The zero-order valence-corrected chi connectivity index (χ0v) is 11.2. The van der Waals surface area contributed by atoms with E-state index < -0.39 is 0 Å². The Morgan fingerprint density at radius 3 is 2.00 bits per heavy atom. The molecule has 1 aromatic carbocycles. The highest BCUT2D eigenvalue weighted by Gasteiger charge is 2.04. The summed E-state index contributed by atoms with van der Waals surface area (Å²) < 4.78 is 13.5. The largest absolute Gasteiger partial charge is 0.206 e. The molecule has 0 fully saturated rings. The van der Waals surface area contributed by atoms with E-state index in [4.69, 9.17) is 0 Å². The molecule has 0 N–H and O–H groups in total. The highest BCUT2D eigenvalue weighted by Crippen LogP contribution is 2.23. The molecule has 0 nitrogen and oxygen atoms in total. The fraction of sp³-hybridized carbons (Fsp3) is 0.250. The number of aryl methyl sites for hydroxylation is 1. The fourth-order valence-corrected chi connectivity index (χ4v) is 1.20. The van der Waals surface area contributed by atoms with Gasteiger partial charge in [-0.3, -0.25) is 0 Å². The van der Waals surface area contributed by atoms with Gasteiger partial charge in [0, 0.05) is 5.57 Å². The third-order valence-corrected chi connectivity index (χ3v) is 2.06. The van der Waals surface area contributed by atoms with Crippen molar-refractivity contribution < 1.29 is 4.39 Å². The molecule has 0 heterocycles. The second kappa shape index (κ2) is 7.61. The maximum Gasteiger partial charge on any atom is 0.130 e. The van der Waals surface area contributed by atoms with Crippen LogP contribution < -0.4 is 0 Å². The molecule has 1 rings (SSSR count). The third-order valence-electron chi connectivity index (χ3n) is 2.06. The first-order valence-electron chi connectivity index (χ1n) is 5.79. The lowest BCUT2D eigenvalue weighted by molar-refractivity contribution is 0.673. The van der Waals surface area contributed by atoms with Gasteiger partial charge in [-0.1, -0.05) is 62.4 Å². The van der Waals surface area contributed by atoms with Gasteiger partial charge in [-0.25, -0.2) is 4.39 Å². The first-order valence-corrected chi connectivity index (χ1v) is 5.79.